The Morgan fingerprint density at radius 1 is 1.23 bits per heavy atom. The number of nitrogens with zero attached hydrogens (tertiary/aromatic N) is 2. The van der Waals surface area contributed by atoms with Gasteiger partial charge in [-0.05, 0) is 43.4 Å². The van der Waals surface area contributed by atoms with E-state index in [9.17, 15) is 13.2 Å². The molecule has 0 atom stereocenters. The molecule has 2 aromatic heterocycles. The number of carbonyl (C=O) groups is 1. The Morgan fingerprint density at radius 3 is 2.54 bits per heavy atom. The van der Waals surface area contributed by atoms with E-state index in [1.54, 1.807) is 42.7 Å². The third-order valence-corrected chi connectivity index (χ3v) is 6.27. The van der Waals surface area contributed by atoms with E-state index in [-0.39, 0.29) is 10.8 Å². The van der Waals surface area contributed by atoms with Gasteiger partial charge in [0.15, 0.2) is 0 Å². The summed E-state index contributed by atoms with van der Waals surface area (Å²) in [7, 11) is -3.74. The number of aromatic nitrogens is 2. The average molecular weight is 369 g/mol. The predicted molar refractivity (Wildman–Crippen MR) is 99.8 cm³/mol. The zero-order valence-corrected chi connectivity index (χ0v) is 15.4. The summed E-state index contributed by atoms with van der Waals surface area (Å²) in [5.74, 6) is 0.463. The van der Waals surface area contributed by atoms with Crippen molar-refractivity contribution in [3.8, 4) is 0 Å². The van der Waals surface area contributed by atoms with Crippen LogP contribution in [0.3, 0.4) is 0 Å². The summed E-state index contributed by atoms with van der Waals surface area (Å²) in [5, 5.41) is 3.44. The Balaban J connectivity index is 1.92. The highest BCUT2D eigenvalue weighted by atomic mass is 32.2. The first-order valence-electron chi connectivity index (χ1n) is 8.47. The monoisotopic (exact) mass is 369 g/mol. The van der Waals surface area contributed by atoms with Crippen LogP contribution in [0.1, 0.15) is 36.8 Å². The van der Waals surface area contributed by atoms with E-state index >= 15 is 0 Å². The van der Waals surface area contributed by atoms with Crippen molar-refractivity contribution in [1.82, 2.24) is 8.96 Å². The van der Waals surface area contributed by atoms with Crippen LogP contribution >= 0.6 is 0 Å². The second-order valence-electron chi connectivity index (χ2n) is 6.74. The lowest BCUT2D eigenvalue weighted by molar-refractivity contribution is -0.114. The second-order valence-corrected chi connectivity index (χ2v) is 8.56. The van der Waals surface area contributed by atoms with Crippen LogP contribution in [0.4, 0.5) is 5.82 Å². The largest absolute Gasteiger partial charge is 0.311 e. The number of pyridine rings is 1. The second kappa shape index (κ2) is 5.95. The van der Waals surface area contributed by atoms with Crippen molar-refractivity contribution in [3.05, 3.63) is 53.9 Å². The molecule has 7 heteroatoms. The first-order valence-corrected chi connectivity index (χ1v) is 9.91. The van der Waals surface area contributed by atoms with E-state index in [0.29, 0.717) is 17.3 Å². The molecule has 0 saturated heterocycles. The van der Waals surface area contributed by atoms with Crippen LogP contribution in [0.15, 0.2) is 47.6 Å². The van der Waals surface area contributed by atoms with Crippen LogP contribution in [-0.2, 0) is 14.8 Å². The Kier molecular flexibility index (Phi) is 3.84. The minimum atomic E-state index is -3.74. The number of fused-ring (bicyclic) bond motifs is 1. The third-order valence-electron chi connectivity index (χ3n) is 4.59. The minimum Gasteiger partial charge on any atom is -0.311 e. The molecule has 0 radical (unpaired) electrons. The zero-order valence-electron chi connectivity index (χ0n) is 14.6. The lowest BCUT2D eigenvalue weighted by Crippen LogP contribution is -2.12. The molecule has 1 amide bonds. The van der Waals surface area contributed by atoms with Crippen molar-refractivity contribution >= 4 is 32.7 Å². The van der Waals surface area contributed by atoms with Crippen LogP contribution in [-0.4, -0.2) is 23.3 Å². The lowest BCUT2D eigenvalue weighted by atomic mass is 10.1. The molecule has 0 bridgehead atoms. The highest BCUT2D eigenvalue weighted by molar-refractivity contribution is 7.90. The van der Waals surface area contributed by atoms with Crippen molar-refractivity contribution in [1.29, 1.82) is 0 Å². The molecule has 4 rings (SSSR count). The fourth-order valence-electron chi connectivity index (χ4n) is 3.11. The fraction of sp³-hybridized carbons (Fsp3) is 0.263. The number of amides is 1. The molecule has 1 saturated carbocycles. The molecule has 0 unspecified atom stereocenters. The molecule has 2 heterocycles. The van der Waals surface area contributed by atoms with Gasteiger partial charge < -0.3 is 5.32 Å². The van der Waals surface area contributed by atoms with Gasteiger partial charge in [-0.25, -0.2) is 17.4 Å². The van der Waals surface area contributed by atoms with Gasteiger partial charge in [0.1, 0.15) is 5.82 Å². The summed E-state index contributed by atoms with van der Waals surface area (Å²) >= 11 is 0. The summed E-state index contributed by atoms with van der Waals surface area (Å²) in [4.78, 5) is 15.8. The quantitative estimate of drug-likeness (QED) is 0.764. The summed E-state index contributed by atoms with van der Waals surface area (Å²) < 4.78 is 27.7. The van der Waals surface area contributed by atoms with Gasteiger partial charge in [0, 0.05) is 30.8 Å². The molecule has 0 aliphatic heterocycles. The smallest absolute Gasteiger partial charge is 0.268 e. The van der Waals surface area contributed by atoms with Gasteiger partial charge in [-0.15, -0.1) is 0 Å². The number of rotatable bonds is 4. The van der Waals surface area contributed by atoms with Crippen LogP contribution in [0.25, 0.3) is 10.9 Å². The van der Waals surface area contributed by atoms with Gasteiger partial charge in [0.05, 0.1) is 10.4 Å². The van der Waals surface area contributed by atoms with Crippen molar-refractivity contribution < 1.29 is 13.2 Å². The Bertz CT molecular complexity index is 1110. The molecule has 134 valence electrons. The Hall–Kier alpha value is -2.67. The SMILES string of the molecule is CC(=O)Nc1cc2c(cn1)c(C1CC1)cn2S(=O)(=O)c1ccc(C)cc1. The van der Waals surface area contributed by atoms with E-state index < -0.39 is 10.0 Å². The maximum atomic E-state index is 13.2. The van der Waals surface area contributed by atoms with Crippen molar-refractivity contribution in [2.45, 2.75) is 37.5 Å². The van der Waals surface area contributed by atoms with Crippen molar-refractivity contribution in [3.63, 3.8) is 0 Å². The summed E-state index contributed by atoms with van der Waals surface area (Å²) in [6, 6.07) is 8.41. The number of hydrogen-bond donors (Lipinski definition) is 1. The summed E-state index contributed by atoms with van der Waals surface area (Å²) in [6.45, 7) is 3.31. The number of anilines is 1. The Labute approximate surface area is 151 Å². The third kappa shape index (κ3) is 2.88. The van der Waals surface area contributed by atoms with Gasteiger partial charge in [-0.1, -0.05) is 17.7 Å². The normalized spacial score (nSPS) is 14.5. The number of hydrogen-bond acceptors (Lipinski definition) is 4. The topological polar surface area (TPSA) is 81.1 Å². The van der Waals surface area contributed by atoms with Crippen LogP contribution in [0, 0.1) is 6.92 Å². The van der Waals surface area contributed by atoms with Gasteiger partial charge in [0.25, 0.3) is 10.0 Å². The number of nitrogens with one attached hydrogen (secondary N) is 1. The first-order chi connectivity index (χ1) is 12.4. The molecule has 0 spiro atoms. The molecule has 26 heavy (non-hydrogen) atoms. The molecule has 1 aliphatic rings. The van der Waals surface area contributed by atoms with Crippen molar-refractivity contribution in [2.75, 3.05) is 5.32 Å². The average Bonchev–Trinajstić information content (AvgIpc) is 3.35. The predicted octanol–water partition coefficient (Wildman–Crippen LogP) is 3.42. The fourth-order valence-corrected chi connectivity index (χ4v) is 4.48. The highest BCUT2D eigenvalue weighted by Gasteiger charge is 2.30. The maximum Gasteiger partial charge on any atom is 0.268 e. The zero-order chi connectivity index (χ0) is 18.5. The van der Waals surface area contributed by atoms with Gasteiger partial charge in [-0.2, -0.15) is 0 Å². The van der Waals surface area contributed by atoms with E-state index in [1.165, 1.54) is 10.9 Å². The van der Waals surface area contributed by atoms with Crippen molar-refractivity contribution in [2.24, 2.45) is 0 Å². The molecule has 1 fully saturated rings. The van der Waals surface area contributed by atoms with Gasteiger partial charge in [-0.3, -0.25) is 4.79 Å². The number of benzene rings is 1. The standard InChI is InChI=1S/C19H19N3O3S/c1-12-3-7-15(8-4-12)26(24,25)22-11-17(14-5-6-14)16-10-20-19(9-18(16)22)21-13(2)23/h3-4,7-11,14H,5-6H2,1-2H3,(H,20,21,23). The van der Waals surface area contributed by atoms with Crippen LogP contribution in [0.2, 0.25) is 0 Å². The van der Waals surface area contributed by atoms with E-state index in [1.807, 2.05) is 6.92 Å². The summed E-state index contributed by atoms with van der Waals surface area (Å²) in [5.41, 5.74) is 2.53. The molecule has 3 aromatic rings. The maximum absolute atomic E-state index is 13.2. The van der Waals surface area contributed by atoms with Crippen LogP contribution in [0.5, 0.6) is 0 Å². The number of carbonyl (C=O) groups excluding carboxylic acids is 1. The molecule has 6 nitrogen and oxygen atoms in total. The molecular formula is C19H19N3O3S. The minimum absolute atomic E-state index is 0.236. The molecular weight excluding hydrogens is 350 g/mol. The van der Waals surface area contributed by atoms with E-state index in [2.05, 4.69) is 10.3 Å². The molecule has 1 aromatic carbocycles. The van der Waals surface area contributed by atoms with Gasteiger partial charge >= 0.3 is 0 Å². The lowest BCUT2D eigenvalue weighted by Gasteiger charge is -2.09. The number of aryl methyl sites for hydroxylation is 1. The summed E-state index contributed by atoms with van der Waals surface area (Å²) in [6.07, 6.45) is 5.46. The van der Waals surface area contributed by atoms with E-state index in [0.717, 1.165) is 29.4 Å². The highest BCUT2D eigenvalue weighted by Crippen LogP contribution is 2.44. The molecule has 1 N–H and O–H groups in total. The first kappa shape index (κ1) is 16.8. The Morgan fingerprint density at radius 2 is 1.92 bits per heavy atom. The van der Waals surface area contributed by atoms with E-state index in [4.69, 9.17) is 0 Å². The van der Waals surface area contributed by atoms with Crippen LogP contribution < -0.4 is 5.32 Å². The molecule has 1 aliphatic carbocycles. The van der Waals surface area contributed by atoms with Gasteiger partial charge in [0.2, 0.25) is 5.91 Å².